The fourth-order valence-electron chi connectivity index (χ4n) is 2.02. The van der Waals surface area contributed by atoms with Crippen molar-refractivity contribution in [3.05, 3.63) is 58.1 Å². The summed E-state index contributed by atoms with van der Waals surface area (Å²) in [5.41, 5.74) is 3.16. The molecule has 0 aromatic heterocycles. The predicted octanol–water partition coefficient (Wildman–Crippen LogP) is 5.52. The summed E-state index contributed by atoms with van der Waals surface area (Å²) in [7, 11) is 0. The van der Waals surface area contributed by atoms with Crippen molar-refractivity contribution in [3.63, 3.8) is 0 Å². The standard InChI is InChI=1S/C17H18BrClO2/c1-3-20-16-6-4-5-13(10-18)17(16)21-11-14-8-7-12(2)9-15(14)19/h4-9H,3,10-11H2,1-2H3. The van der Waals surface area contributed by atoms with E-state index in [-0.39, 0.29) is 0 Å². The number of aryl methyl sites for hydroxylation is 1. The first-order chi connectivity index (χ1) is 10.2. The van der Waals surface area contributed by atoms with E-state index in [4.69, 9.17) is 21.1 Å². The Bertz CT molecular complexity index is 614. The zero-order chi connectivity index (χ0) is 15.2. The molecule has 0 spiro atoms. The summed E-state index contributed by atoms with van der Waals surface area (Å²) in [6.07, 6.45) is 0. The van der Waals surface area contributed by atoms with Gasteiger partial charge in [0.1, 0.15) is 6.61 Å². The van der Waals surface area contributed by atoms with Gasteiger partial charge in [-0.15, -0.1) is 0 Å². The van der Waals surface area contributed by atoms with Gasteiger partial charge in [-0.1, -0.05) is 51.8 Å². The van der Waals surface area contributed by atoms with Crippen LogP contribution in [0.5, 0.6) is 11.5 Å². The highest BCUT2D eigenvalue weighted by atomic mass is 79.9. The zero-order valence-electron chi connectivity index (χ0n) is 12.2. The maximum absolute atomic E-state index is 6.25. The fourth-order valence-corrected chi connectivity index (χ4v) is 2.75. The molecule has 2 rings (SSSR count). The molecule has 0 bridgehead atoms. The molecular weight excluding hydrogens is 352 g/mol. The molecule has 0 aliphatic heterocycles. The monoisotopic (exact) mass is 368 g/mol. The normalized spacial score (nSPS) is 10.5. The molecule has 0 aliphatic rings. The molecule has 0 N–H and O–H groups in total. The SMILES string of the molecule is CCOc1cccc(CBr)c1OCc1ccc(C)cc1Cl. The van der Waals surface area contributed by atoms with Crippen molar-refractivity contribution in [2.24, 2.45) is 0 Å². The van der Waals surface area contributed by atoms with Crippen molar-refractivity contribution in [1.29, 1.82) is 0 Å². The number of hydrogen-bond acceptors (Lipinski definition) is 2. The number of para-hydroxylation sites is 1. The molecule has 21 heavy (non-hydrogen) atoms. The van der Waals surface area contributed by atoms with Gasteiger partial charge < -0.3 is 9.47 Å². The summed E-state index contributed by atoms with van der Waals surface area (Å²) in [5.74, 6) is 1.53. The van der Waals surface area contributed by atoms with Crippen molar-refractivity contribution in [2.75, 3.05) is 6.61 Å². The van der Waals surface area contributed by atoms with Gasteiger partial charge in [-0.05, 0) is 31.5 Å². The van der Waals surface area contributed by atoms with E-state index in [0.717, 1.165) is 33.2 Å². The number of alkyl halides is 1. The summed E-state index contributed by atoms with van der Waals surface area (Å²) in [4.78, 5) is 0. The smallest absolute Gasteiger partial charge is 0.165 e. The lowest BCUT2D eigenvalue weighted by atomic mass is 10.1. The number of hydrogen-bond donors (Lipinski definition) is 0. The summed E-state index contributed by atoms with van der Waals surface area (Å²) in [6.45, 7) is 5.00. The fraction of sp³-hybridized carbons (Fsp3) is 0.294. The predicted molar refractivity (Wildman–Crippen MR) is 90.8 cm³/mol. The topological polar surface area (TPSA) is 18.5 Å². The van der Waals surface area contributed by atoms with E-state index in [1.165, 1.54) is 0 Å². The van der Waals surface area contributed by atoms with Gasteiger partial charge in [0, 0.05) is 21.5 Å². The first kappa shape index (κ1) is 16.2. The Morgan fingerprint density at radius 1 is 1.10 bits per heavy atom. The molecular formula is C17H18BrClO2. The molecule has 0 fully saturated rings. The van der Waals surface area contributed by atoms with Gasteiger partial charge in [-0.25, -0.2) is 0 Å². The summed E-state index contributed by atoms with van der Waals surface area (Å²) < 4.78 is 11.6. The van der Waals surface area contributed by atoms with E-state index in [0.29, 0.717) is 18.5 Å². The van der Waals surface area contributed by atoms with E-state index < -0.39 is 0 Å². The Morgan fingerprint density at radius 3 is 2.57 bits per heavy atom. The lowest BCUT2D eigenvalue weighted by Crippen LogP contribution is -2.02. The van der Waals surface area contributed by atoms with Crippen LogP contribution >= 0.6 is 27.5 Å². The molecule has 2 aromatic carbocycles. The highest BCUT2D eigenvalue weighted by Gasteiger charge is 2.11. The van der Waals surface area contributed by atoms with Crippen molar-refractivity contribution in [1.82, 2.24) is 0 Å². The second kappa shape index (κ2) is 7.71. The van der Waals surface area contributed by atoms with Gasteiger partial charge >= 0.3 is 0 Å². The van der Waals surface area contributed by atoms with Gasteiger partial charge in [-0.2, -0.15) is 0 Å². The molecule has 2 nitrogen and oxygen atoms in total. The van der Waals surface area contributed by atoms with Gasteiger partial charge in [0.2, 0.25) is 0 Å². The number of rotatable bonds is 6. The Morgan fingerprint density at radius 2 is 1.90 bits per heavy atom. The third-order valence-corrected chi connectivity index (χ3v) is 4.04. The Hall–Kier alpha value is -1.19. The van der Waals surface area contributed by atoms with Crippen LogP contribution in [0.3, 0.4) is 0 Å². The molecule has 0 unspecified atom stereocenters. The van der Waals surface area contributed by atoms with Gasteiger partial charge in [0.25, 0.3) is 0 Å². The first-order valence-corrected chi connectivity index (χ1v) is 8.34. The van der Waals surface area contributed by atoms with Gasteiger partial charge in [-0.3, -0.25) is 0 Å². The van der Waals surface area contributed by atoms with Crippen molar-refractivity contribution in [3.8, 4) is 11.5 Å². The third-order valence-electron chi connectivity index (χ3n) is 3.08. The number of ether oxygens (including phenoxy) is 2. The molecule has 112 valence electrons. The number of benzene rings is 2. The Labute approximate surface area is 139 Å². The van der Waals surface area contributed by atoms with Gasteiger partial charge in [0.15, 0.2) is 11.5 Å². The second-order valence-electron chi connectivity index (χ2n) is 4.69. The maximum atomic E-state index is 6.25. The number of halogens is 2. The first-order valence-electron chi connectivity index (χ1n) is 6.84. The Balaban J connectivity index is 2.22. The highest BCUT2D eigenvalue weighted by Crippen LogP contribution is 2.34. The molecule has 0 atom stereocenters. The third kappa shape index (κ3) is 4.14. The zero-order valence-corrected chi connectivity index (χ0v) is 14.5. The summed E-state index contributed by atoms with van der Waals surface area (Å²) in [6, 6.07) is 11.9. The van der Waals surface area contributed by atoms with Crippen molar-refractivity contribution >= 4 is 27.5 Å². The molecule has 0 aliphatic carbocycles. The average molecular weight is 370 g/mol. The largest absolute Gasteiger partial charge is 0.490 e. The summed E-state index contributed by atoms with van der Waals surface area (Å²) in [5, 5.41) is 1.44. The van der Waals surface area contributed by atoms with Crippen LogP contribution in [0.1, 0.15) is 23.6 Å². The molecule has 0 heterocycles. The van der Waals surface area contributed by atoms with E-state index in [2.05, 4.69) is 15.9 Å². The van der Waals surface area contributed by atoms with E-state index in [9.17, 15) is 0 Å². The van der Waals surface area contributed by atoms with Crippen molar-refractivity contribution < 1.29 is 9.47 Å². The van der Waals surface area contributed by atoms with Gasteiger partial charge in [0.05, 0.1) is 6.61 Å². The van der Waals surface area contributed by atoms with Crippen molar-refractivity contribution in [2.45, 2.75) is 25.8 Å². The molecule has 0 saturated heterocycles. The van der Waals surface area contributed by atoms with Crippen LogP contribution in [0, 0.1) is 6.92 Å². The van der Waals surface area contributed by atoms with Crippen LogP contribution in [0.25, 0.3) is 0 Å². The molecule has 0 radical (unpaired) electrons. The minimum atomic E-state index is 0.420. The molecule has 0 saturated carbocycles. The lowest BCUT2D eigenvalue weighted by Gasteiger charge is -2.15. The lowest BCUT2D eigenvalue weighted by molar-refractivity contribution is 0.267. The minimum absolute atomic E-state index is 0.420. The van der Waals surface area contributed by atoms with E-state index >= 15 is 0 Å². The van der Waals surface area contributed by atoms with Crippen LogP contribution in [-0.2, 0) is 11.9 Å². The van der Waals surface area contributed by atoms with Crippen LogP contribution < -0.4 is 9.47 Å². The molecule has 2 aromatic rings. The highest BCUT2D eigenvalue weighted by molar-refractivity contribution is 9.08. The second-order valence-corrected chi connectivity index (χ2v) is 5.66. The van der Waals surface area contributed by atoms with E-state index in [1.54, 1.807) is 0 Å². The van der Waals surface area contributed by atoms with Crippen LogP contribution in [-0.4, -0.2) is 6.61 Å². The minimum Gasteiger partial charge on any atom is -0.490 e. The quantitative estimate of drug-likeness (QED) is 0.624. The average Bonchev–Trinajstić information content (AvgIpc) is 2.47. The molecule has 4 heteroatoms. The molecule has 0 amide bonds. The Kier molecular flexibility index (Phi) is 5.95. The summed E-state index contributed by atoms with van der Waals surface area (Å²) >= 11 is 9.73. The van der Waals surface area contributed by atoms with Crippen LogP contribution in [0.4, 0.5) is 0 Å². The van der Waals surface area contributed by atoms with Crippen LogP contribution in [0.2, 0.25) is 5.02 Å². The van der Waals surface area contributed by atoms with E-state index in [1.807, 2.05) is 50.2 Å². The maximum Gasteiger partial charge on any atom is 0.165 e. The van der Waals surface area contributed by atoms with Crippen LogP contribution in [0.15, 0.2) is 36.4 Å².